The molecule has 0 aliphatic carbocycles. The second-order valence-corrected chi connectivity index (χ2v) is 5.73. The molecule has 0 unspecified atom stereocenters. The Morgan fingerprint density at radius 1 is 1.17 bits per heavy atom. The van der Waals surface area contributed by atoms with Crippen molar-refractivity contribution in [3.63, 3.8) is 0 Å². The van der Waals surface area contributed by atoms with Crippen LogP contribution in [0.3, 0.4) is 0 Å². The number of hydrogen-bond acceptors (Lipinski definition) is 3. The van der Waals surface area contributed by atoms with Crippen LogP contribution in [0.1, 0.15) is 22.9 Å². The standard InChI is InChI=1S/C15H18N2S/c1-2-5-12(6-3-1)15-14(8-9-16-15)17-11-13-7-4-10-18-13/h1-7,10,14-17H,8-9,11H2/t14-,15-/m1/s1. The zero-order chi connectivity index (χ0) is 12.2. The van der Waals surface area contributed by atoms with Gasteiger partial charge in [-0.2, -0.15) is 0 Å². The Bertz CT molecular complexity index is 467. The summed E-state index contributed by atoms with van der Waals surface area (Å²) in [5.41, 5.74) is 1.39. The Balaban J connectivity index is 1.65. The molecule has 3 rings (SSSR count). The maximum Gasteiger partial charge on any atom is 0.0476 e. The topological polar surface area (TPSA) is 24.1 Å². The van der Waals surface area contributed by atoms with E-state index in [2.05, 4.69) is 58.5 Å². The van der Waals surface area contributed by atoms with Crippen LogP contribution in [0.25, 0.3) is 0 Å². The molecule has 94 valence electrons. The number of nitrogens with one attached hydrogen (secondary N) is 2. The lowest BCUT2D eigenvalue weighted by atomic mass is 10.0. The Morgan fingerprint density at radius 2 is 2.06 bits per heavy atom. The maximum atomic E-state index is 3.68. The molecule has 0 bridgehead atoms. The van der Waals surface area contributed by atoms with E-state index in [1.807, 2.05) is 11.3 Å². The first kappa shape index (κ1) is 11.9. The lowest BCUT2D eigenvalue weighted by Crippen LogP contribution is -2.33. The Labute approximate surface area is 112 Å². The van der Waals surface area contributed by atoms with Crippen molar-refractivity contribution in [2.75, 3.05) is 6.54 Å². The van der Waals surface area contributed by atoms with Crippen LogP contribution in [0, 0.1) is 0 Å². The fraction of sp³-hybridized carbons (Fsp3) is 0.333. The highest BCUT2D eigenvalue weighted by Gasteiger charge is 2.27. The van der Waals surface area contributed by atoms with E-state index in [4.69, 9.17) is 0 Å². The van der Waals surface area contributed by atoms with Gasteiger partial charge in [-0.15, -0.1) is 11.3 Å². The highest BCUT2D eigenvalue weighted by molar-refractivity contribution is 7.09. The molecule has 3 heteroatoms. The molecule has 2 N–H and O–H groups in total. The summed E-state index contributed by atoms with van der Waals surface area (Å²) in [6.07, 6.45) is 1.20. The molecular weight excluding hydrogens is 240 g/mol. The van der Waals surface area contributed by atoms with E-state index in [1.165, 1.54) is 16.9 Å². The molecule has 1 saturated heterocycles. The van der Waals surface area contributed by atoms with Crippen molar-refractivity contribution < 1.29 is 0 Å². The minimum Gasteiger partial charge on any atom is -0.309 e. The van der Waals surface area contributed by atoms with Gasteiger partial charge in [-0.05, 0) is 30.0 Å². The van der Waals surface area contributed by atoms with Gasteiger partial charge in [-0.3, -0.25) is 0 Å². The van der Waals surface area contributed by atoms with Gasteiger partial charge in [0.25, 0.3) is 0 Å². The predicted molar refractivity (Wildman–Crippen MR) is 76.7 cm³/mol. The van der Waals surface area contributed by atoms with Crippen molar-refractivity contribution in [2.24, 2.45) is 0 Å². The fourth-order valence-electron chi connectivity index (χ4n) is 2.58. The first-order chi connectivity index (χ1) is 8.93. The normalized spacial score (nSPS) is 23.3. The Kier molecular flexibility index (Phi) is 3.74. The fourth-order valence-corrected chi connectivity index (χ4v) is 3.23. The van der Waals surface area contributed by atoms with Crippen molar-refractivity contribution in [3.8, 4) is 0 Å². The molecule has 0 amide bonds. The SMILES string of the molecule is c1ccc([C@H]2NCC[C@H]2NCc2cccs2)cc1. The molecule has 0 saturated carbocycles. The first-order valence-corrected chi connectivity index (χ1v) is 7.35. The molecule has 1 aliphatic rings. The van der Waals surface area contributed by atoms with Gasteiger partial charge in [0.15, 0.2) is 0 Å². The minimum absolute atomic E-state index is 0.450. The summed E-state index contributed by atoms with van der Waals surface area (Å²) in [4.78, 5) is 1.41. The van der Waals surface area contributed by atoms with Gasteiger partial charge in [0, 0.05) is 23.5 Å². The van der Waals surface area contributed by atoms with E-state index in [1.54, 1.807) is 0 Å². The van der Waals surface area contributed by atoms with Crippen LogP contribution in [0.5, 0.6) is 0 Å². The Hall–Kier alpha value is -1.16. The van der Waals surface area contributed by atoms with Crippen LogP contribution in [0.15, 0.2) is 47.8 Å². The second kappa shape index (κ2) is 5.65. The number of thiophene rings is 1. The van der Waals surface area contributed by atoms with E-state index >= 15 is 0 Å². The van der Waals surface area contributed by atoms with E-state index in [0.717, 1.165) is 13.1 Å². The van der Waals surface area contributed by atoms with Crippen LogP contribution in [0.2, 0.25) is 0 Å². The number of hydrogen-bond donors (Lipinski definition) is 2. The van der Waals surface area contributed by atoms with Crippen LogP contribution < -0.4 is 10.6 Å². The van der Waals surface area contributed by atoms with Crippen molar-refractivity contribution in [3.05, 3.63) is 58.3 Å². The zero-order valence-corrected chi connectivity index (χ0v) is 11.1. The maximum absolute atomic E-state index is 3.68. The summed E-state index contributed by atoms with van der Waals surface area (Å²) in [5.74, 6) is 0. The smallest absolute Gasteiger partial charge is 0.0476 e. The molecule has 2 atom stereocenters. The Morgan fingerprint density at radius 3 is 2.83 bits per heavy atom. The lowest BCUT2D eigenvalue weighted by Gasteiger charge is -2.21. The highest BCUT2D eigenvalue weighted by atomic mass is 32.1. The number of rotatable bonds is 4. The molecule has 1 aromatic heterocycles. The predicted octanol–water partition coefficient (Wildman–Crippen LogP) is 2.94. The van der Waals surface area contributed by atoms with Gasteiger partial charge < -0.3 is 10.6 Å². The van der Waals surface area contributed by atoms with Crippen LogP contribution >= 0.6 is 11.3 Å². The summed E-state index contributed by atoms with van der Waals surface area (Å²) in [5, 5.41) is 9.41. The third-order valence-electron chi connectivity index (χ3n) is 3.50. The average Bonchev–Trinajstić information content (AvgIpc) is 3.09. The van der Waals surface area contributed by atoms with Crippen molar-refractivity contribution in [1.82, 2.24) is 10.6 Å². The molecule has 1 aliphatic heterocycles. The summed E-state index contributed by atoms with van der Waals surface area (Å²) >= 11 is 1.82. The van der Waals surface area contributed by atoms with Gasteiger partial charge in [-0.1, -0.05) is 36.4 Å². The molecule has 2 aromatic rings. The molecule has 0 radical (unpaired) electrons. The van der Waals surface area contributed by atoms with Gasteiger partial charge in [-0.25, -0.2) is 0 Å². The molecule has 18 heavy (non-hydrogen) atoms. The molecule has 2 heterocycles. The van der Waals surface area contributed by atoms with Gasteiger partial charge in [0.2, 0.25) is 0 Å². The summed E-state index contributed by atoms with van der Waals surface area (Å²) in [6.45, 7) is 2.08. The summed E-state index contributed by atoms with van der Waals surface area (Å²) in [7, 11) is 0. The third kappa shape index (κ3) is 2.64. The molecule has 1 fully saturated rings. The molecular formula is C15H18N2S. The monoisotopic (exact) mass is 258 g/mol. The molecule has 1 aromatic carbocycles. The van der Waals surface area contributed by atoms with Crippen molar-refractivity contribution in [2.45, 2.75) is 25.0 Å². The van der Waals surface area contributed by atoms with E-state index in [9.17, 15) is 0 Å². The average molecular weight is 258 g/mol. The quantitative estimate of drug-likeness (QED) is 0.881. The van der Waals surface area contributed by atoms with E-state index < -0.39 is 0 Å². The molecule has 0 spiro atoms. The largest absolute Gasteiger partial charge is 0.309 e. The lowest BCUT2D eigenvalue weighted by molar-refractivity contribution is 0.463. The third-order valence-corrected chi connectivity index (χ3v) is 4.38. The number of benzene rings is 1. The summed E-state index contributed by atoms with van der Waals surface area (Å²) < 4.78 is 0. The van der Waals surface area contributed by atoms with Crippen LogP contribution in [0.4, 0.5) is 0 Å². The van der Waals surface area contributed by atoms with Crippen LogP contribution in [-0.2, 0) is 6.54 Å². The highest BCUT2D eigenvalue weighted by Crippen LogP contribution is 2.24. The van der Waals surface area contributed by atoms with Gasteiger partial charge in [0.05, 0.1) is 0 Å². The van der Waals surface area contributed by atoms with Crippen LogP contribution in [-0.4, -0.2) is 12.6 Å². The van der Waals surface area contributed by atoms with Crippen molar-refractivity contribution >= 4 is 11.3 Å². The van der Waals surface area contributed by atoms with Gasteiger partial charge in [0.1, 0.15) is 0 Å². The first-order valence-electron chi connectivity index (χ1n) is 6.47. The van der Waals surface area contributed by atoms with Crippen molar-refractivity contribution in [1.29, 1.82) is 0 Å². The second-order valence-electron chi connectivity index (χ2n) is 4.70. The van der Waals surface area contributed by atoms with E-state index in [-0.39, 0.29) is 0 Å². The minimum atomic E-state index is 0.450. The molecule has 2 nitrogen and oxygen atoms in total. The zero-order valence-electron chi connectivity index (χ0n) is 10.3. The van der Waals surface area contributed by atoms with Gasteiger partial charge >= 0.3 is 0 Å². The van der Waals surface area contributed by atoms with E-state index in [0.29, 0.717) is 12.1 Å². The summed E-state index contributed by atoms with van der Waals surface area (Å²) in [6, 6.07) is 16.0.